The SMILES string of the molecule is C#Cc1cc(C#C)c(C23CC4CC(CC(C4)C2)C3)cc1C#C. The molecule has 4 fully saturated rings. The topological polar surface area (TPSA) is 0 Å². The summed E-state index contributed by atoms with van der Waals surface area (Å²) in [7, 11) is 0. The Morgan fingerprint density at radius 1 is 0.727 bits per heavy atom. The van der Waals surface area contributed by atoms with Crippen LogP contribution >= 0.6 is 0 Å². The van der Waals surface area contributed by atoms with E-state index in [0.29, 0.717) is 0 Å². The molecule has 4 saturated carbocycles. The van der Waals surface area contributed by atoms with Crippen LogP contribution in [0.5, 0.6) is 0 Å². The first-order valence-electron chi connectivity index (χ1n) is 8.26. The molecule has 0 unspecified atom stereocenters. The van der Waals surface area contributed by atoms with Crippen LogP contribution in [0.1, 0.15) is 60.8 Å². The zero-order valence-electron chi connectivity index (χ0n) is 12.9. The lowest BCUT2D eigenvalue weighted by molar-refractivity contribution is -0.00530. The van der Waals surface area contributed by atoms with Gasteiger partial charge in [0.25, 0.3) is 0 Å². The van der Waals surface area contributed by atoms with E-state index in [9.17, 15) is 0 Å². The highest BCUT2D eigenvalue weighted by Gasteiger charge is 2.52. The van der Waals surface area contributed by atoms with E-state index in [1.54, 1.807) is 0 Å². The first-order chi connectivity index (χ1) is 10.7. The Balaban J connectivity index is 1.88. The maximum absolute atomic E-state index is 5.81. The molecular formula is C22H20. The van der Waals surface area contributed by atoms with E-state index in [1.807, 2.05) is 6.07 Å². The summed E-state index contributed by atoms with van der Waals surface area (Å²) in [4.78, 5) is 0. The summed E-state index contributed by atoms with van der Waals surface area (Å²) in [5, 5.41) is 0. The van der Waals surface area contributed by atoms with E-state index in [-0.39, 0.29) is 5.41 Å². The van der Waals surface area contributed by atoms with Crippen LogP contribution < -0.4 is 0 Å². The lowest BCUT2D eigenvalue weighted by Crippen LogP contribution is -2.48. The zero-order valence-corrected chi connectivity index (χ0v) is 12.9. The highest BCUT2D eigenvalue weighted by atomic mass is 14.6. The van der Waals surface area contributed by atoms with Gasteiger partial charge in [-0.15, -0.1) is 19.3 Å². The second-order valence-corrected chi connectivity index (χ2v) is 7.57. The molecule has 0 saturated heterocycles. The third-order valence-electron chi connectivity index (χ3n) is 6.23. The highest BCUT2D eigenvalue weighted by molar-refractivity contribution is 5.58. The predicted molar refractivity (Wildman–Crippen MR) is 90.1 cm³/mol. The van der Waals surface area contributed by atoms with Crippen molar-refractivity contribution < 1.29 is 0 Å². The molecule has 0 spiro atoms. The molecule has 0 heteroatoms. The van der Waals surface area contributed by atoms with E-state index in [2.05, 4.69) is 23.8 Å². The minimum Gasteiger partial charge on any atom is -0.115 e. The van der Waals surface area contributed by atoms with Gasteiger partial charge in [-0.1, -0.05) is 17.8 Å². The number of hydrogen-bond acceptors (Lipinski definition) is 0. The van der Waals surface area contributed by atoms with Crippen molar-refractivity contribution in [2.45, 2.75) is 43.9 Å². The van der Waals surface area contributed by atoms with E-state index in [1.165, 1.54) is 44.1 Å². The second kappa shape index (κ2) is 4.70. The van der Waals surface area contributed by atoms with Crippen molar-refractivity contribution in [1.82, 2.24) is 0 Å². The van der Waals surface area contributed by atoms with Crippen LogP contribution in [0.15, 0.2) is 12.1 Å². The Kier molecular flexibility index (Phi) is 2.90. The van der Waals surface area contributed by atoms with Gasteiger partial charge in [0.2, 0.25) is 0 Å². The van der Waals surface area contributed by atoms with E-state index >= 15 is 0 Å². The van der Waals surface area contributed by atoms with Crippen molar-refractivity contribution in [2.75, 3.05) is 0 Å². The summed E-state index contributed by atoms with van der Waals surface area (Å²) in [5.41, 5.74) is 4.11. The average Bonchev–Trinajstić information content (AvgIpc) is 2.52. The van der Waals surface area contributed by atoms with Crippen LogP contribution in [0, 0.1) is 54.8 Å². The van der Waals surface area contributed by atoms with Gasteiger partial charge in [-0.2, -0.15) is 0 Å². The summed E-state index contributed by atoms with van der Waals surface area (Å²) in [6.45, 7) is 0. The van der Waals surface area contributed by atoms with Gasteiger partial charge in [0.15, 0.2) is 0 Å². The van der Waals surface area contributed by atoms with E-state index in [0.717, 1.165) is 34.4 Å². The highest BCUT2D eigenvalue weighted by Crippen LogP contribution is 2.61. The van der Waals surface area contributed by atoms with Crippen LogP contribution in [0.25, 0.3) is 0 Å². The smallest absolute Gasteiger partial charge is 0.0411 e. The molecule has 1 aromatic carbocycles. The zero-order chi connectivity index (χ0) is 15.3. The maximum Gasteiger partial charge on any atom is 0.0411 e. The largest absolute Gasteiger partial charge is 0.115 e. The van der Waals surface area contributed by atoms with Crippen LogP contribution in [-0.4, -0.2) is 0 Å². The molecule has 4 aliphatic rings. The molecule has 0 amide bonds. The van der Waals surface area contributed by atoms with Crippen LogP contribution in [-0.2, 0) is 5.41 Å². The Morgan fingerprint density at radius 2 is 1.18 bits per heavy atom. The van der Waals surface area contributed by atoms with Crippen molar-refractivity contribution in [3.05, 3.63) is 34.4 Å². The normalized spacial score (nSPS) is 34.7. The van der Waals surface area contributed by atoms with Gasteiger partial charge in [0.05, 0.1) is 0 Å². The van der Waals surface area contributed by atoms with Crippen molar-refractivity contribution in [3.63, 3.8) is 0 Å². The third kappa shape index (κ3) is 1.83. The Morgan fingerprint density at radius 3 is 1.64 bits per heavy atom. The number of terminal acetylenes is 3. The van der Waals surface area contributed by atoms with Crippen LogP contribution in [0.4, 0.5) is 0 Å². The molecule has 0 nitrogen and oxygen atoms in total. The van der Waals surface area contributed by atoms with E-state index in [4.69, 9.17) is 19.3 Å². The molecular weight excluding hydrogens is 264 g/mol. The number of benzene rings is 1. The first kappa shape index (κ1) is 13.6. The van der Waals surface area contributed by atoms with Crippen molar-refractivity contribution in [2.24, 2.45) is 17.8 Å². The second-order valence-electron chi connectivity index (χ2n) is 7.57. The molecule has 4 aliphatic carbocycles. The maximum atomic E-state index is 5.81. The van der Waals surface area contributed by atoms with Gasteiger partial charge in [-0.25, -0.2) is 0 Å². The fraction of sp³-hybridized carbons (Fsp3) is 0.455. The molecule has 108 valence electrons. The Hall–Kier alpha value is -2.10. The van der Waals surface area contributed by atoms with Gasteiger partial charge in [0, 0.05) is 16.7 Å². The van der Waals surface area contributed by atoms with Gasteiger partial charge >= 0.3 is 0 Å². The van der Waals surface area contributed by atoms with Gasteiger partial charge in [-0.3, -0.25) is 0 Å². The lowest BCUT2D eigenvalue weighted by atomic mass is 9.47. The predicted octanol–water partition coefficient (Wildman–Crippen LogP) is 4.10. The number of rotatable bonds is 1. The molecule has 0 atom stereocenters. The fourth-order valence-corrected chi connectivity index (χ4v) is 5.84. The van der Waals surface area contributed by atoms with E-state index < -0.39 is 0 Å². The van der Waals surface area contributed by atoms with Gasteiger partial charge < -0.3 is 0 Å². The summed E-state index contributed by atoms with van der Waals surface area (Å²) >= 11 is 0. The third-order valence-corrected chi connectivity index (χ3v) is 6.23. The molecule has 22 heavy (non-hydrogen) atoms. The van der Waals surface area contributed by atoms with Crippen molar-refractivity contribution in [1.29, 1.82) is 0 Å². The summed E-state index contributed by atoms with van der Waals surface area (Å²) in [5.74, 6) is 11.0. The van der Waals surface area contributed by atoms with Gasteiger partial charge in [-0.05, 0) is 79.4 Å². The Bertz CT molecular complexity index is 722. The summed E-state index contributed by atoms with van der Waals surface area (Å²) in [6, 6.07) is 4.10. The molecule has 0 radical (unpaired) electrons. The first-order valence-corrected chi connectivity index (χ1v) is 8.26. The standard InChI is InChI=1S/C22H20/c1-4-18-10-20(6-3)21(11-19(18)5-2)22-12-15-7-16(13-22)9-17(8-15)14-22/h1-3,10-11,15-17H,7-9,12-14H2. The molecule has 0 aliphatic heterocycles. The summed E-state index contributed by atoms with van der Waals surface area (Å²) in [6.07, 6.45) is 25.2. The quantitative estimate of drug-likeness (QED) is 0.681. The molecule has 1 aromatic rings. The molecule has 0 N–H and O–H groups in total. The molecule has 0 heterocycles. The van der Waals surface area contributed by atoms with Gasteiger partial charge in [0.1, 0.15) is 0 Å². The minimum atomic E-state index is 0.259. The Labute approximate surface area is 133 Å². The molecule has 0 aromatic heterocycles. The van der Waals surface area contributed by atoms with Crippen molar-refractivity contribution in [3.8, 4) is 37.0 Å². The fourth-order valence-electron chi connectivity index (χ4n) is 5.84. The van der Waals surface area contributed by atoms with Crippen molar-refractivity contribution >= 4 is 0 Å². The monoisotopic (exact) mass is 284 g/mol. The lowest BCUT2D eigenvalue weighted by Gasteiger charge is -2.57. The van der Waals surface area contributed by atoms with Crippen LogP contribution in [0.3, 0.4) is 0 Å². The molecule has 4 bridgehead atoms. The van der Waals surface area contributed by atoms with Crippen LogP contribution in [0.2, 0.25) is 0 Å². The average molecular weight is 284 g/mol. The number of hydrogen-bond donors (Lipinski definition) is 0. The minimum absolute atomic E-state index is 0.259. The molecule has 5 rings (SSSR count). The summed E-state index contributed by atoms with van der Waals surface area (Å²) < 4.78 is 0.